The van der Waals surface area contributed by atoms with Crippen LogP contribution in [0.1, 0.15) is 60.0 Å². The van der Waals surface area contributed by atoms with Crippen LogP contribution in [0.15, 0.2) is 73.2 Å². The predicted octanol–water partition coefficient (Wildman–Crippen LogP) is 4.49. The van der Waals surface area contributed by atoms with Crippen LogP contribution in [0, 0.1) is 17.0 Å². The lowest BCUT2D eigenvalue weighted by Crippen LogP contribution is -2.73. The van der Waals surface area contributed by atoms with Crippen molar-refractivity contribution in [2.75, 3.05) is 74.3 Å². The van der Waals surface area contributed by atoms with Crippen molar-refractivity contribution in [3.05, 3.63) is 102 Å². The van der Waals surface area contributed by atoms with E-state index < -0.39 is 44.9 Å². The van der Waals surface area contributed by atoms with Gasteiger partial charge in [-0.25, -0.2) is 18.7 Å². The second-order valence-corrected chi connectivity index (χ2v) is 19.1. The number of carbonyl (C=O) groups excluding carboxylic acids is 4. The van der Waals surface area contributed by atoms with Crippen molar-refractivity contribution in [1.29, 1.82) is 0 Å². The fourth-order valence-corrected chi connectivity index (χ4v) is 10.1. The van der Waals surface area contributed by atoms with E-state index in [9.17, 15) is 27.6 Å². The summed E-state index contributed by atoms with van der Waals surface area (Å²) in [6.07, 6.45) is 7.35. The third kappa shape index (κ3) is 8.42. The first-order valence-corrected chi connectivity index (χ1v) is 22.8. The molecule has 7 heterocycles. The minimum atomic E-state index is -4.14. The second kappa shape index (κ2) is 17.0. The molecule has 1 unspecified atom stereocenters. The number of carbonyl (C=O) groups is 4. The lowest BCUT2D eigenvalue weighted by atomic mass is 9.72. The van der Waals surface area contributed by atoms with Crippen LogP contribution in [-0.4, -0.2) is 126 Å². The molecule has 0 bridgehead atoms. The molecule has 16 nitrogen and oxygen atoms in total. The highest BCUT2D eigenvalue weighted by Crippen LogP contribution is 2.42. The Morgan fingerprint density at radius 3 is 2.36 bits per heavy atom. The molecule has 3 aromatic heterocycles. The maximum Gasteiger partial charge on any atom is 0.301 e. The highest BCUT2D eigenvalue weighted by atomic mass is 32.2. The normalized spacial score (nSPS) is 19.1. The molecule has 0 aliphatic carbocycles. The van der Waals surface area contributed by atoms with Crippen molar-refractivity contribution >= 4 is 61.9 Å². The number of anilines is 3. The smallest absolute Gasteiger partial charge is 0.301 e. The fourth-order valence-electron chi connectivity index (χ4n) is 9.12. The molecule has 5 aromatic rings. The maximum atomic E-state index is 15.6. The van der Waals surface area contributed by atoms with Crippen molar-refractivity contribution in [2.45, 2.75) is 44.6 Å². The van der Waals surface area contributed by atoms with Gasteiger partial charge in [-0.15, -0.1) is 0 Å². The lowest BCUT2D eigenvalue weighted by Gasteiger charge is -2.60. The quantitative estimate of drug-likeness (QED) is 0.0962. The van der Waals surface area contributed by atoms with Gasteiger partial charge in [0.25, 0.3) is 0 Å². The molecule has 4 saturated heterocycles. The van der Waals surface area contributed by atoms with Crippen LogP contribution in [0.4, 0.5) is 26.0 Å². The first-order chi connectivity index (χ1) is 30.7. The standard InChI is InChI=1S/C45H48F2N10O6S/c1-3-54(2)64(62,63)53-35-10-9-34(46)40(41(35)47)42(60)33-21-50-43-32(33)18-30(20-49-43)29-6-12-37(48-19-29)56-23-45(24-56)25-57(26-45)39(59)22-55-16-14-28(15-17-55)27-4-7-31(8-5-27)51-36-11-13-38(58)52-44(36)61/h4-10,12,18-21,28,36,51,53H,3,11,13-17,22-26H2,1-2H3,(H,49,50)(H,52,58,61). The average Bonchev–Trinajstić information content (AvgIpc) is 3.69. The summed E-state index contributed by atoms with van der Waals surface area (Å²) in [5.74, 6) is -2.63. The van der Waals surface area contributed by atoms with Crippen LogP contribution in [0.2, 0.25) is 0 Å². The van der Waals surface area contributed by atoms with E-state index in [-0.39, 0.29) is 35.2 Å². The Balaban J connectivity index is 0.755. The van der Waals surface area contributed by atoms with E-state index in [4.69, 9.17) is 4.98 Å². The zero-order chi connectivity index (χ0) is 44.9. The molecule has 9 rings (SSSR count). The Labute approximate surface area is 368 Å². The minimum Gasteiger partial charge on any atom is -0.374 e. The van der Waals surface area contributed by atoms with E-state index in [1.54, 1.807) is 25.4 Å². The Morgan fingerprint density at radius 1 is 0.938 bits per heavy atom. The number of rotatable bonds is 13. The van der Waals surface area contributed by atoms with Gasteiger partial charge in [-0.2, -0.15) is 12.7 Å². The topological polar surface area (TPSA) is 193 Å². The molecule has 0 radical (unpaired) electrons. The SMILES string of the molecule is CCN(C)S(=O)(=O)Nc1ccc(F)c(C(=O)c2c[nH]c3ncc(-c4ccc(N5CC6(CN(C(=O)CN7CCC(c8ccc(NC9CCC(=O)NC9=O)cc8)CC7)C6)C5)nc4)cc23)c1F. The number of nitrogens with one attached hydrogen (secondary N) is 4. The van der Waals surface area contributed by atoms with Crippen LogP contribution in [-0.2, 0) is 24.6 Å². The Bertz CT molecular complexity index is 2750. The molecule has 0 saturated carbocycles. The number of ketones is 1. The molecule has 4 N–H and O–H groups in total. The second-order valence-electron chi connectivity index (χ2n) is 17.3. The van der Waals surface area contributed by atoms with Crippen molar-refractivity contribution in [3.8, 4) is 11.1 Å². The number of halogens is 2. The summed E-state index contributed by atoms with van der Waals surface area (Å²) >= 11 is 0. The number of benzene rings is 2. The third-order valence-corrected chi connectivity index (χ3v) is 14.5. The van der Waals surface area contributed by atoms with Crippen molar-refractivity contribution < 1.29 is 36.4 Å². The lowest BCUT2D eigenvalue weighted by molar-refractivity contribution is -0.146. The van der Waals surface area contributed by atoms with Crippen LogP contribution in [0.5, 0.6) is 0 Å². The van der Waals surface area contributed by atoms with Gasteiger partial charge in [-0.3, -0.25) is 34.1 Å². The molecule has 4 fully saturated rings. The minimum absolute atomic E-state index is 0.0387. The highest BCUT2D eigenvalue weighted by molar-refractivity contribution is 7.90. The van der Waals surface area contributed by atoms with Gasteiger partial charge >= 0.3 is 10.2 Å². The van der Waals surface area contributed by atoms with Crippen LogP contribution < -0.4 is 20.3 Å². The first-order valence-electron chi connectivity index (χ1n) is 21.3. The van der Waals surface area contributed by atoms with E-state index in [1.807, 2.05) is 29.2 Å². The van der Waals surface area contributed by atoms with E-state index >= 15 is 8.78 Å². The highest BCUT2D eigenvalue weighted by Gasteiger charge is 2.53. The zero-order valence-electron chi connectivity index (χ0n) is 35.4. The number of aromatic amines is 1. The number of nitrogens with zero attached hydrogens (tertiary/aromatic N) is 6. The summed E-state index contributed by atoms with van der Waals surface area (Å²) in [7, 11) is -2.84. The summed E-state index contributed by atoms with van der Waals surface area (Å²) in [6.45, 7) is 6.78. The molecule has 4 aliphatic rings. The summed E-state index contributed by atoms with van der Waals surface area (Å²) in [4.78, 5) is 68.9. The largest absolute Gasteiger partial charge is 0.374 e. The fraction of sp³-hybridized carbons (Fsp3) is 0.378. The van der Waals surface area contributed by atoms with Gasteiger partial charge in [-0.05, 0) is 86.3 Å². The number of imide groups is 1. The number of pyridine rings is 2. The Hall–Kier alpha value is -6.31. The molecule has 2 aromatic carbocycles. The van der Waals surface area contributed by atoms with Gasteiger partial charge in [0.2, 0.25) is 23.5 Å². The van der Waals surface area contributed by atoms with E-state index in [0.29, 0.717) is 60.6 Å². The molecule has 3 amide bonds. The number of hydrogen-bond donors (Lipinski definition) is 4. The number of hydrogen-bond acceptors (Lipinski definition) is 11. The Morgan fingerprint density at radius 2 is 1.67 bits per heavy atom. The van der Waals surface area contributed by atoms with E-state index in [1.165, 1.54) is 18.8 Å². The first kappa shape index (κ1) is 43.0. The van der Waals surface area contributed by atoms with Crippen molar-refractivity contribution in [2.24, 2.45) is 5.41 Å². The van der Waals surface area contributed by atoms with E-state index in [2.05, 4.69) is 47.3 Å². The van der Waals surface area contributed by atoms with Crippen LogP contribution in [0.25, 0.3) is 22.2 Å². The van der Waals surface area contributed by atoms with Crippen LogP contribution >= 0.6 is 0 Å². The molecule has 1 atom stereocenters. The third-order valence-electron chi connectivity index (χ3n) is 13.0. The van der Waals surface area contributed by atoms with Gasteiger partial charge in [0.1, 0.15) is 23.3 Å². The number of piperidine rings is 2. The molecule has 334 valence electrons. The number of fused-ring (bicyclic) bond motifs is 1. The molecule has 4 aliphatic heterocycles. The number of H-pyrrole nitrogens is 1. The molecule has 1 spiro atoms. The average molecular weight is 895 g/mol. The number of aromatic nitrogens is 3. The summed E-state index contributed by atoms with van der Waals surface area (Å²) < 4.78 is 58.8. The number of likely N-dealkylation sites (tertiary alicyclic amines) is 2. The molecule has 19 heteroatoms. The summed E-state index contributed by atoms with van der Waals surface area (Å²) in [5, 5.41) is 5.93. The van der Waals surface area contributed by atoms with Gasteiger partial charge in [-0.1, -0.05) is 19.1 Å². The van der Waals surface area contributed by atoms with Gasteiger partial charge in [0.15, 0.2) is 5.82 Å². The van der Waals surface area contributed by atoms with Gasteiger partial charge < -0.3 is 20.1 Å². The van der Waals surface area contributed by atoms with E-state index in [0.717, 1.165) is 67.0 Å². The van der Waals surface area contributed by atoms with Crippen molar-refractivity contribution in [3.63, 3.8) is 0 Å². The number of amides is 3. The zero-order valence-corrected chi connectivity index (χ0v) is 36.2. The van der Waals surface area contributed by atoms with Crippen molar-refractivity contribution in [1.82, 2.24) is 34.4 Å². The predicted molar refractivity (Wildman–Crippen MR) is 236 cm³/mol. The molecule has 64 heavy (non-hydrogen) atoms. The molecular weight excluding hydrogens is 847 g/mol. The van der Waals surface area contributed by atoms with Gasteiger partial charge in [0.05, 0.1) is 17.8 Å². The monoisotopic (exact) mass is 894 g/mol. The molecular formula is C45H48F2N10O6S. The Kier molecular flexibility index (Phi) is 11.4. The summed E-state index contributed by atoms with van der Waals surface area (Å²) in [6, 6.07) is 15.0. The van der Waals surface area contributed by atoms with Crippen LogP contribution in [0.3, 0.4) is 0 Å². The van der Waals surface area contributed by atoms with Gasteiger partial charge in [0, 0.05) is 98.0 Å². The maximum absolute atomic E-state index is 15.6. The summed E-state index contributed by atoms with van der Waals surface area (Å²) in [5.41, 5.74) is 2.30.